The maximum Gasteiger partial charge on any atom is 0.304 e. The summed E-state index contributed by atoms with van der Waals surface area (Å²) in [5.74, 6) is -0.271. The smallest absolute Gasteiger partial charge is 0.304 e. The molecule has 4 heteroatoms. The summed E-state index contributed by atoms with van der Waals surface area (Å²) in [4.78, 5) is 11.0. The maximum atomic E-state index is 11.0. The van der Waals surface area contributed by atoms with Crippen molar-refractivity contribution >= 4 is 5.97 Å². The molecule has 2 aliphatic rings. The largest absolute Gasteiger partial charge is 0.444 e. The average molecular weight is 199 g/mol. The first-order chi connectivity index (χ1) is 6.60. The van der Waals surface area contributed by atoms with Gasteiger partial charge in [0.1, 0.15) is 0 Å². The van der Waals surface area contributed by atoms with E-state index < -0.39 is 5.72 Å². The molecule has 2 bridgehead atoms. The number of hydrogen-bond acceptors (Lipinski definition) is 4. The summed E-state index contributed by atoms with van der Waals surface area (Å²) >= 11 is 0. The Morgan fingerprint density at radius 3 is 3.14 bits per heavy atom. The highest BCUT2D eigenvalue weighted by atomic mass is 16.6. The lowest BCUT2D eigenvalue weighted by molar-refractivity contribution is -0.177. The first-order valence-corrected chi connectivity index (χ1v) is 5.25. The minimum atomic E-state index is -0.577. The monoisotopic (exact) mass is 199 g/mol. The van der Waals surface area contributed by atoms with Gasteiger partial charge < -0.3 is 9.84 Å². The molecule has 3 unspecified atom stereocenters. The molecule has 2 N–H and O–H groups in total. The van der Waals surface area contributed by atoms with Crippen LogP contribution in [0.3, 0.4) is 0 Å². The van der Waals surface area contributed by atoms with Crippen molar-refractivity contribution in [1.82, 2.24) is 5.32 Å². The second-order valence-corrected chi connectivity index (χ2v) is 4.42. The van der Waals surface area contributed by atoms with Gasteiger partial charge in [0.2, 0.25) is 0 Å². The van der Waals surface area contributed by atoms with Crippen molar-refractivity contribution in [1.29, 1.82) is 0 Å². The lowest BCUT2D eigenvalue weighted by Crippen LogP contribution is -2.61. The van der Waals surface area contributed by atoms with Gasteiger partial charge in [-0.05, 0) is 19.3 Å². The second kappa shape index (κ2) is 3.51. The molecule has 0 aliphatic carbocycles. The van der Waals surface area contributed by atoms with Crippen molar-refractivity contribution in [3.63, 3.8) is 0 Å². The molecule has 0 saturated carbocycles. The highest BCUT2D eigenvalue weighted by Gasteiger charge is 2.44. The van der Waals surface area contributed by atoms with Crippen LogP contribution in [0.25, 0.3) is 0 Å². The van der Waals surface area contributed by atoms with Gasteiger partial charge in [-0.1, -0.05) is 0 Å². The average Bonchev–Trinajstić information content (AvgIpc) is 1.99. The molecule has 0 aromatic heterocycles. The van der Waals surface area contributed by atoms with Crippen molar-refractivity contribution in [2.45, 2.75) is 56.9 Å². The van der Waals surface area contributed by atoms with Gasteiger partial charge in [0.05, 0.1) is 6.10 Å². The van der Waals surface area contributed by atoms with Crippen LogP contribution < -0.4 is 5.32 Å². The fourth-order valence-corrected chi connectivity index (χ4v) is 2.68. The Kier molecular flexibility index (Phi) is 2.49. The summed E-state index contributed by atoms with van der Waals surface area (Å²) in [6, 6.07) is 0.312. The third kappa shape index (κ3) is 1.91. The van der Waals surface area contributed by atoms with Crippen LogP contribution in [0, 0.1) is 0 Å². The molecular weight excluding hydrogens is 182 g/mol. The predicted octanol–water partition coefficient (Wildman–Crippen LogP) is 0.543. The first-order valence-electron chi connectivity index (χ1n) is 5.25. The molecule has 0 radical (unpaired) electrons. The van der Waals surface area contributed by atoms with Crippen molar-refractivity contribution < 1.29 is 14.6 Å². The number of hydrogen-bond donors (Lipinski definition) is 2. The zero-order chi connectivity index (χ0) is 10.2. The molecule has 2 heterocycles. The van der Waals surface area contributed by atoms with E-state index in [1.165, 1.54) is 6.92 Å². The van der Waals surface area contributed by atoms with Crippen LogP contribution in [-0.4, -0.2) is 28.9 Å². The predicted molar refractivity (Wildman–Crippen MR) is 50.5 cm³/mol. The molecular formula is C10H17NO3. The molecule has 3 atom stereocenters. The Labute approximate surface area is 83.6 Å². The van der Waals surface area contributed by atoms with Crippen LogP contribution >= 0.6 is 0 Å². The second-order valence-electron chi connectivity index (χ2n) is 4.42. The number of fused-ring (bicyclic) bond motifs is 2. The van der Waals surface area contributed by atoms with Crippen molar-refractivity contribution in [2.24, 2.45) is 0 Å². The normalized spacial score (nSPS) is 41.9. The van der Waals surface area contributed by atoms with E-state index in [2.05, 4.69) is 5.32 Å². The van der Waals surface area contributed by atoms with Crippen LogP contribution in [0.1, 0.15) is 39.0 Å². The third-order valence-electron chi connectivity index (χ3n) is 3.06. The Morgan fingerprint density at radius 2 is 2.43 bits per heavy atom. The van der Waals surface area contributed by atoms with Gasteiger partial charge in [-0.2, -0.15) is 0 Å². The number of aliphatic hydroxyl groups is 1. The zero-order valence-corrected chi connectivity index (χ0v) is 8.45. The van der Waals surface area contributed by atoms with E-state index in [9.17, 15) is 9.90 Å². The molecule has 0 aromatic rings. The number of nitrogens with one attached hydrogen (secondary N) is 1. The number of piperidine rings is 2. The number of ether oxygens (including phenoxy) is 1. The van der Waals surface area contributed by atoms with Crippen LogP contribution in [0.15, 0.2) is 0 Å². The summed E-state index contributed by atoms with van der Waals surface area (Å²) < 4.78 is 5.31. The third-order valence-corrected chi connectivity index (χ3v) is 3.06. The van der Waals surface area contributed by atoms with Crippen LogP contribution in [0.4, 0.5) is 0 Å². The number of rotatable bonds is 1. The SMILES string of the molecule is CC(=O)OC12CCCC(CC(O)C1)N2. The van der Waals surface area contributed by atoms with Gasteiger partial charge in [0.25, 0.3) is 0 Å². The molecule has 0 aromatic carbocycles. The summed E-state index contributed by atoms with van der Waals surface area (Å²) in [5, 5.41) is 13.0. The molecule has 80 valence electrons. The summed E-state index contributed by atoms with van der Waals surface area (Å²) in [7, 11) is 0. The molecule has 2 aliphatic heterocycles. The Balaban J connectivity index is 2.10. The van der Waals surface area contributed by atoms with Gasteiger partial charge in [0, 0.05) is 25.8 Å². The molecule has 0 spiro atoms. The van der Waals surface area contributed by atoms with Crippen molar-refractivity contribution in [3.05, 3.63) is 0 Å². The topological polar surface area (TPSA) is 58.6 Å². The van der Waals surface area contributed by atoms with E-state index in [1.54, 1.807) is 0 Å². The zero-order valence-electron chi connectivity index (χ0n) is 8.45. The molecule has 14 heavy (non-hydrogen) atoms. The molecule has 4 nitrogen and oxygen atoms in total. The minimum absolute atomic E-state index is 0.271. The quantitative estimate of drug-likeness (QED) is 0.605. The number of aliphatic hydroxyl groups excluding tert-OH is 1. The Bertz CT molecular complexity index is 240. The fraction of sp³-hybridized carbons (Fsp3) is 0.900. The summed E-state index contributed by atoms with van der Waals surface area (Å²) in [5.41, 5.74) is -0.577. The minimum Gasteiger partial charge on any atom is -0.444 e. The molecule has 0 amide bonds. The van der Waals surface area contributed by atoms with E-state index in [-0.39, 0.29) is 12.1 Å². The van der Waals surface area contributed by atoms with Crippen LogP contribution in [-0.2, 0) is 9.53 Å². The molecule has 2 fully saturated rings. The van der Waals surface area contributed by atoms with E-state index in [0.717, 1.165) is 25.7 Å². The van der Waals surface area contributed by atoms with E-state index >= 15 is 0 Å². The fourth-order valence-electron chi connectivity index (χ4n) is 2.68. The Hall–Kier alpha value is -0.610. The standard InChI is InChI=1S/C10H17NO3/c1-7(12)14-10-4-2-3-8(11-10)5-9(13)6-10/h8-9,11,13H,2-6H2,1H3. The highest BCUT2D eigenvalue weighted by molar-refractivity contribution is 5.66. The van der Waals surface area contributed by atoms with Crippen LogP contribution in [0.5, 0.6) is 0 Å². The summed E-state index contributed by atoms with van der Waals surface area (Å²) in [6.07, 6.45) is 3.94. The molecule has 2 saturated heterocycles. The van der Waals surface area contributed by atoms with Gasteiger partial charge in [-0.3, -0.25) is 10.1 Å². The first kappa shape index (κ1) is 9.93. The van der Waals surface area contributed by atoms with Crippen molar-refractivity contribution in [3.8, 4) is 0 Å². The van der Waals surface area contributed by atoms with E-state index in [1.807, 2.05) is 0 Å². The summed E-state index contributed by atoms with van der Waals surface area (Å²) in [6.45, 7) is 1.42. The van der Waals surface area contributed by atoms with Gasteiger partial charge in [-0.25, -0.2) is 0 Å². The maximum absolute atomic E-state index is 11.0. The van der Waals surface area contributed by atoms with E-state index in [4.69, 9.17) is 4.74 Å². The molecule has 2 rings (SSSR count). The van der Waals surface area contributed by atoms with Gasteiger partial charge in [0.15, 0.2) is 5.72 Å². The number of carbonyl (C=O) groups is 1. The Morgan fingerprint density at radius 1 is 1.64 bits per heavy atom. The van der Waals surface area contributed by atoms with Crippen LogP contribution in [0.2, 0.25) is 0 Å². The van der Waals surface area contributed by atoms with Gasteiger partial charge in [-0.15, -0.1) is 0 Å². The van der Waals surface area contributed by atoms with Crippen molar-refractivity contribution in [2.75, 3.05) is 0 Å². The lowest BCUT2D eigenvalue weighted by Gasteiger charge is -2.47. The number of carbonyl (C=O) groups excluding carboxylic acids is 1. The lowest BCUT2D eigenvalue weighted by atomic mass is 9.82. The number of esters is 1. The van der Waals surface area contributed by atoms with E-state index in [0.29, 0.717) is 12.5 Å². The van der Waals surface area contributed by atoms with Gasteiger partial charge >= 0.3 is 5.97 Å². The highest BCUT2D eigenvalue weighted by Crippen LogP contribution is 2.34.